The van der Waals surface area contributed by atoms with Crippen LogP contribution in [0.25, 0.3) is 0 Å². The largest absolute Gasteiger partial charge is 0.478 e. The van der Waals surface area contributed by atoms with Crippen LogP contribution >= 0.6 is 0 Å². The van der Waals surface area contributed by atoms with Gasteiger partial charge in [-0.25, -0.2) is 4.79 Å². The zero-order valence-corrected chi connectivity index (χ0v) is 9.86. The van der Waals surface area contributed by atoms with Gasteiger partial charge in [-0.15, -0.1) is 0 Å². The standard InChI is InChI=1S/C13H15NO3/c1-3-11(13(16)17)9(2)14-12(15)10-7-5-4-6-8-10/h4-8H,3H2,1-2H3,(H,14,15)(H,16,17)/b11-9+. The van der Waals surface area contributed by atoms with Crippen LogP contribution in [0.15, 0.2) is 41.6 Å². The monoisotopic (exact) mass is 233 g/mol. The Morgan fingerprint density at radius 1 is 1.24 bits per heavy atom. The molecular weight excluding hydrogens is 218 g/mol. The van der Waals surface area contributed by atoms with Crippen LogP contribution in [0, 0.1) is 0 Å². The lowest BCUT2D eigenvalue weighted by atomic mass is 10.1. The fraction of sp³-hybridized carbons (Fsp3) is 0.231. The number of carbonyl (C=O) groups is 2. The van der Waals surface area contributed by atoms with Crippen molar-refractivity contribution in [3.63, 3.8) is 0 Å². The van der Waals surface area contributed by atoms with Crippen LogP contribution in [-0.2, 0) is 4.79 Å². The Balaban J connectivity index is 2.86. The molecule has 0 bridgehead atoms. The number of aliphatic carboxylic acids is 1. The molecule has 1 amide bonds. The van der Waals surface area contributed by atoms with E-state index < -0.39 is 5.97 Å². The van der Waals surface area contributed by atoms with E-state index in [2.05, 4.69) is 5.32 Å². The van der Waals surface area contributed by atoms with Crippen LogP contribution in [0.5, 0.6) is 0 Å². The molecule has 1 rings (SSSR count). The lowest BCUT2D eigenvalue weighted by Gasteiger charge is -2.08. The summed E-state index contributed by atoms with van der Waals surface area (Å²) in [4.78, 5) is 22.6. The lowest BCUT2D eigenvalue weighted by molar-refractivity contribution is -0.132. The molecule has 0 heterocycles. The summed E-state index contributed by atoms with van der Waals surface area (Å²) in [6.45, 7) is 3.33. The minimum Gasteiger partial charge on any atom is -0.478 e. The minimum atomic E-state index is -1.00. The van der Waals surface area contributed by atoms with E-state index in [-0.39, 0.29) is 11.5 Å². The Bertz CT molecular complexity index is 449. The van der Waals surface area contributed by atoms with Crippen molar-refractivity contribution in [2.45, 2.75) is 20.3 Å². The van der Waals surface area contributed by atoms with Crippen molar-refractivity contribution in [3.8, 4) is 0 Å². The van der Waals surface area contributed by atoms with Crippen molar-refractivity contribution in [1.29, 1.82) is 0 Å². The fourth-order valence-corrected chi connectivity index (χ4v) is 1.48. The SMILES string of the molecule is CC/C(C(=O)O)=C(/C)NC(=O)c1ccccc1. The Labute approximate surface area is 100.0 Å². The molecule has 1 aromatic carbocycles. The van der Waals surface area contributed by atoms with Crippen molar-refractivity contribution < 1.29 is 14.7 Å². The maximum atomic E-state index is 11.8. The highest BCUT2D eigenvalue weighted by molar-refractivity contribution is 5.96. The fourth-order valence-electron chi connectivity index (χ4n) is 1.48. The molecular formula is C13H15NO3. The van der Waals surface area contributed by atoms with Gasteiger partial charge >= 0.3 is 5.97 Å². The zero-order valence-electron chi connectivity index (χ0n) is 9.86. The van der Waals surface area contributed by atoms with Crippen LogP contribution in [0.2, 0.25) is 0 Å². The normalized spacial score (nSPS) is 11.6. The third-order valence-corrected chi connectivity index (χ3v) is 2.40. The summed E-state index contributed by atoms with van der Waals surface area (Å²) in [5.74, 6) is -1.30. The second kappa shape index (κ2) is 5.84. The average Bonchev–Trinajstić information content (AvgIpc) is 2.30. The maximum absolute atomic E-state index is 11.8. The van der Waals surface area contributed by atoms with E-state index in [4.69, 9.17) is 5.11 Å². The number of rotatable bonds is 4. The predicted octanol–water partition coefficient (Wildman–Crippen LogP) is 2.18. The van der Waals surface area contributed by atoms with E-state index in [9.17, 15) is 9.59 Å². The van der Waals surface area contributed by atoms with E-state index in [0.717, 1.165) is 0 Å². The quantitative estimate of drug-likeness (QED) is 0.783. The Morgan fingerprint density at radius 3 is 2.29 bits per heavy atom. The van der Waals surface area contributed by atoms with E-state index in [1.54, 1.807) is 38.1 Å². The number of nitrogens with one attached hydrogen (secondary N) is 1. The van der Waals surface area contributed by atoms with E-state index >= 15 is 0 Å². The number of carbonyl (C=O) groups excluding carboxylic acids is 1. The average molecular weight is 233 g/mol. The van der Waals surface area contributed by atoms with Gasteiger partial charge in [-0.3, -0.25) is 4.79 Å². The number of hydrogen-bond donors (Lipinski definition) is 2. The third-order valence-electron chi connectivity index (χ3n) is 2.40. The molecule has 4 heteroatoms. The van der Waals surface area contributed by atoms with Gasteiger partial charge in [-0.2, -0.15) is 0 Å². The first-order valence-electron chi connectivity index (χ1n) is 5.35. The number of carboxylic acid groups (broad SMARTS) is 1. The third kappa shape index (κ3) is 3.45. The first kappa shape index (κ1) is 13.0. The molecule has 0 atom stereocenters. The van der Waals surface area contributed by atoms with Crippen molar-refractivity contribution in [1.82, 2.24) is 5.32 Å². The second-order valence-corrected chi connectivity index (χ2v) is 3.58. The number of benzene rings is 1. The predicted molar refractivity (Wildman–Crippen MR) is 64.5 cm³/mol. The van der Waals surface area contributed by atoms with E-state index in [1.165, 1.54) is 0 Å². The maximum Gasteiger partial charge on any atom is 0.333 e. The molecule has 4 nitrogen and oxygen atoms in total. The molecule has 0 unspecified atom stereocenters. The van der Waals surface area contributed by atoms with Crippen LogP contribution in [0.3, 0.4) is 0 Å². The summed E-state index contributed by atoms with van der Waals surface area (Å²) in [6, 6.07) is 8.68. The van der Waals surface area contributed by atoms with Gasteiger partial charge in [0.25, 0.3) is 5.91 Å². The number of amides is 1. The van der Waals surface area contributed by atoms with Gasteiger partial charge in [0, 0.05) is 11.3 Å². The van der Waals surface area contributed by atoms with Crippen molar-refractivity contribution in [3.05, 3.63) is 47.2 Å². The van der Waals surface area contributed by atoms with Gasteiger partial charge in [-0.1, -0.05) is 25.1 Å². The van der Waals surface area contributed by atoms with Gasteiger partial charge in [0.05, 0.1) is 5.57 Å². The van der Waals surface area contributed by atoms with Gasteiger partial charge < -0.3 is 10.4 Å². The van der Waals surface area contributed by atoms with E-state index in [1.807, 2.05) is 6.07 Å². The molecule has 0 aliphatic heterocycles. The smallest absolute Gasteiger partial charge is 0.333 e. The van der Waals surface area contributed by atoms with Gasteiger partial charge in [0.1, 0.15) is 0 Å². The first-order chi connectivity index (χ1) is 8.06. The van der Waals surface area contributed by atoms with Crippen molar-refractivity contribution in [2.24, 2.45) is 0 Å². The van der Waals surface area contributed by atoms with Gasteiger partial charge in [0.2, 0.25) is 0 Å². The molecule has 0 aromatic heterocycles. The molecule has 0 fully saturated rings. The van der Waals surface area contributed by atoms with E-state index in [0.29, 0.717) is 17.7 Å². The summed E-state index contributed by atoms with van der Waals surface area (Å²) in [5, 5.41) is 11.5. The molecule has 0 saturated carbocycles. The molecule has 17 heavy (non-hydrogen) atoms. The van der Waals surface area contributed by atoms with Gasteiger partial charge in [0.15, 0.2) is 0 Å². The lowest BCUT2D eigenvalue weighted by Crippen LogP contribution is -2.24. The molecule has 2 N–H and O–H groups in total. The number of carboxylic acids is 1. The molecule has 0 radical (unpaired) electrons. The van der Waals surface area contributed by atoms with Crippen LogP contribution < -0.4 is 5.32 Å². The molecule has 0 spiro atoms. The highest BCUT2D eigenvalue weighted by atomic mass is 16.4. The zero-order chi connectivity index (χ0) is 12.8. The minimum absolute atomic E-state index is 0.217. The first-order valence-corrected chi connectivity index (χ1v) is 5.35. The van der Waals surface area contributed by atoms with Crippen molar-refractivity contribution >= 4 is 11.9 Å². The van der Waals surface area contributed by atoms with Gasteiger partial charge in [-0.05, 0) is 25.5 Å². The Morgan fingerprint density at radius 2 is 1.82 bits per heavy atom. The summed E-state index contributed by atoms with van der Waals surface area (Å²) >= 11 is 0. The molecule has 0 saturated heterocycles. The molecule has 90 valence electrons. The molecule has 0 aliphatic rings. The summed E-state index contributed by atoms with van der Waals surface area (Å²) in [7, 11) is 0. The molecule has 1 aromatic rings. The number of allylic oxidation sites excluding steroid dienone is 1. The summed E-state index contributed by atoms with van der Waals surface area (Å²) in [5.41, 5.74) is 1.11. The summed E-state index contributed by atoms with van der Waals surface area (Å²) in [6.07, 6.45) is 0.371. The Hall–Kier alpha value is -2.10. The van der Waals surface area contributed by atoms with Crippen LogP contribution in [0.1, 0.15) is 30.6 Å². The highest BCUT2D eigenvalue weighted by Gasteiger charge is 2.12. The Kier molecular flexibility index (Phi) is 4.46. The van der Waals surface area contributed by atoms with Crippen LogP contribution in [0.4, 0.5) is 0 Å². The summed E-state index contributed by atoms with van der Waals surface area (Å²) < 4.78 is 0. The molecule has 0 aliphatic carbocycles. The number of hydrogen-bond acceptors (Lipinski definition) is 2. The van der Waals surface area contributed by atoms with Crippen molar-refractivity contribution in [2.75, 3.05) is 0 Å². The topological polar surface area (TPSA) is 66.4 Å². The highest BCUT2D eigenvalue weighted by Crippen LogP contribution is 2.07. The second-order valence-electron chi connectivity index (χ2n) is 3.58. The van der Waals surface area contributed by atoms with Crippen LogP contribution in [-0.4, -0.2) is 17.0 Å².